The van der Waals surface area contributed by atoms with Gasteiger partial charge in [0.1, 0.15) is 0 Å². The first-order valence-corrected chi connectivity index (χ1v) is 5.98. The number of pyridine rings is 2. The van der Waals surface area contributed by atoms with Crippen molar-refractivity contribution in [3.63, 3.8) is 0 Å². The highest BCUT2D eigenvalue weighted by Gasteiger charge is 2.20. The molecule has 2 rings (SSSR count). The van der Waals surface area contributed by atoms with Gasteiger partial charge in [0.25, 0.3) is 5.88 Å². The first-order chi connectivity index (χ1) is 10.1. The van der Waals surface area contributed by atoms with Gasteiger partial charge < -0.3 is 9.84 Å². The summed E-state index contributed by atoms with van der Waals surface area (Å²) >= 11 is 0. The molecule has 21 heavy (non-hydrogen) atoms. The van der Waals surface area contributed by atoms with Gasteiger partial charge in [0.05, 0.1) is 17.1 Å². The zero-order chi connectivity index (χ0) is 15.2. The standard InChI is InChI=1S/C13H11N3O5/c17-13(18)9-7-11(16(19)20)12(15-8-9)21-6-4-10-3-1-2-5-14-10/h1-3,5,7-8H,4,6H2,(H,17,18). The van der Waals surface area contributed by atoms with Gasteiger partial charge >= 0.3 is 11.7 Å². The van der Waals surface area contributed by atoms with Crippen molar-refractivity contribution < 1.29 is 19.6 Å². The molecule has 0 amide bonds. The minimum Gasteiger partial charge on any atom is -0.478 e. The molecule has 0 spiro atoms. The van der Waals surface area contributed by atoms with E-state index in [-0.39, 0.29) is 18.1 Å². The normalized spacial score (nSPS) is 10.1. The molecule has 0 atom stereocenters. The summed E-state index contributed by atoms with van der Waals surface area (Å²) in [6.45, 7) is 0.150. The lowest BCUT2D eigenvalue weighted by atomic mass is 10.2. The molecular formula is C13H11N3O5. The van der Waals surface area contributed by atoms with E-state index in [0.29, 0.717) is 6.42 Å². The van der Waals surface area contributed by atoms with Crippen molar-refractivity contribution in [2.24, 2.45) is 0 Å². The van der Waals surface area contributed by atoms with E-state index >= 15 is 0 Å². The molecule has 0 unspecified atom stereocenters. The van der Waals surface area contributed by atoms with Gasteiger partial charge in [-0.2, -0.15) is 0 Å². The summed E-state index contributed by atoms with van der Waals surface area (Å²) in [5, 5.41) is 19.7. The Balaban J connectivity index is 2.09. The van der Waals surface area contributed by atoms with E-state index in [9.17, 15) is 14.9 Å². The molecule has 0 fully saturated rings. The smallest absolute Gasteiger partial charge is 0.337 e. The zero-order valence-corrected chi connectivity index (χ0v) is 10.8. The van der Waals surface area contributed by atoms with Crippen molar-refractivity contribution in [3.8, 4) is 5.88 Å². The Bertz CT molecular complexity index is 660. The van der Waals surface area contributed by atoms with Gasteiger partial charge in [-0.3, -0.25) is 15.1 Å². The molecular weight excluding hydrogens is 278 g/mol. The summed E-state index contributed by atoms with van der Waals surface area (Å²) in [4.78, 5) is 28.7. The van der Waals surface area contributed by atoms with Crippen LogP contribution in [0.15, 0.2) is 36.7 Å². The largest absolute Gasteiger partial charge is 0.478 e. The second kappa shape index (κ2) is 6.42. The van der Waals surface area contributed by atoms with Gasteiger partial charge in [-0.15, -0.1) is 0 Å². The van der Waals surface area contributed by atoms with Crippen molar-refractivity contribution in [2.45, 2.75) is 6.42 Å². The lowest BCUT2D eigenvalue weighted by Gasteiger charge is -2.06. The molecule has 1 N–H and O–H groups in total. The predicted molar refractivity (Wildman–Crippen MR) is 71.3 cm³/mol. The van der Waals surface area contributed by atoms with Crippen LogP contribution in [0.4, 0.5) is 5.69 Å². The Morgan fingerprint density at radius 1 is 1.38 bits per heavy atom. The summed E-state index contributed by atoms with van der Waals surface area (Å²) < 4.78 is 5.25. The molecule has 0 aliphatic carbocycles. The Hall–Kier alpha value is -3.03. The molecule has 0 aliphatic rings. The molecule has 0 saturated carbocycles. The van der Waals surface area contributed by atoms with E-state index in [1.807, 2.05) is 6.07 Å². The topological polar surface area (TPSA) is 115 Å². The van der Waals surface area contributed by atoms with Gasteiger partial charge in [0.2, 0.25) is 0 Å². The highest BCUT2D eigenvalue weighted by molar-refractivity contribution is 5.88. The SMILES string of the molecule is O=C(O)c1cnc(OCCc2ccccn2)c([N+](=O)[O-])c1. The van der Waals surface area contributed by atoms with Crippen LogP contribution in [-0.2, 0) is 6.42 Å². The molecule has 8 nitrogen and oxygen atoms in total. The number of rotatable bonds is 6. The fourth-order valence-electron chi connectivity index (χ4n) is 1.60. The average Bonchev–Trinajstić information content (AvgIpc) is 2.48. The van der Waals surface area contributed by atoms with Crippen molar-refractivity contribution in [2.75, 3.05) is 6.61 Å². The van der Waals surface area contributed by atoms with Crippen molar-refractivity contribution in [1.29, 1.82) is 0 Å². The number of nitrogens with zero attached hydrogens (tertiary/aromatic N) is 3. The van der Waals surface area contributed by atoms with E-state index in [1.165, 1.54) is 0 Å². The van der Waals surface area contributed by atoms with E-state index in [0.717, 1.165) is 18.0 Å². The third-order valence-electron chi connectivity index (χ3n) is 2.60. The van der Waals surface area contributed by atoms with Crippen LogP contribution in [0.3, 0.4) is 0 Å². The summed E-state index contributed by atoms with van der Waals surface area (Å²) in [5.41, 5.74) is 0.0389. The second-order valence-corrected chi connectivity index (χ2v) is 4.03. The summed E-state index contributed by atoms with van der Waals surface area (Å²) in [7, 11) is 0. The fraction of sp³-hybridized carbons (Fsp3) is 0.154. The van der Waals surface area contributed by atoms with Gasteiger partial charge in [-0.25, -0.2) is 9.78 Å². The highest BCUT2D eigenvalue weighted by Crippen LogP contribution is 2.25. The summed E-state index contributed by atoms with van der Waals surface area (Å²) in [5.74, 6) is -1.49. The number of nitro groups is 1. The number of hydrogen-bond donors (Lipinski definition) is 1. The monoisotopic (exact) mass is 289 g/mol. The molecule has 0 aliphatic heterocycles. The van der Waals surface area contributed by atoms with Crippen molar-refractivity contribution in [1.82, 2.24) is 9.97 Å². The maximum atomic E-state index is 10.9. The lowest BCUT2D eigenvalue weighted by Crippen LogP contribution is -2.07. The number of ether oxygens (including phenoxy) is 1. The van der Waals surface area contributed by atoms with Crippen LogP contribution < -0.4 is 4.74 Å². The Labute approximate surface area is 119 Å². The van der Waals surface area contributed by atoms with Crippen LogP contribution in [0.2, 0.25) is 0 Å². The van der Waals surface area contributed by atoms with Crippen LogP contribution in [0.1, 0.15) is 16.1 Å². The number of carboxylic acids is 1. The first-order valence-electron chi connectivity index (χ1n) is 5.98. The quantitative estimate of drug-likeness (QED) is 0.635. The molecule has 2 aromatic rings. The Morgan fingerprint density at radius 2 is 2.19 bits per heavy atom. The molecule has 0 radical (unpaired) electrons. The molecule has 2 heterocycles. The molecule has 0 aromatic carbocycles. The molecule has 0 saturated heterocycles. The molecule has 108 valence electrons. The van der Waals surface area contributed by atoms with Gasteiger partial charge in [-0.1, -0.05) is 6.07 Å². The van der Waals surface area contributed by atoms with E-state index < -0.39 is 16.6 Å². The van der Waals surface area contributed by atoms with Gasteiger partial charge in [0, 0.05) is 30.6 Å². The maximum absolute atomic E-state index is 10.9. The van der Waals surface area contributed by atoms with Gasteiger partial charge in [0.15, 0.2) is 0 Å². The van der Waals surface area contributed by atoms with Crippen molar-refractivity contribution >= 4 is 11.7 Å². The van der Waals surface area contributed by atoms with E-state index in [1.54, 1.807) is 18.3 Å². The third kappa shape index (κ3) is 3.72. The number of aromatic nitrogens is 2. The third-order valence-corrected chi connectivity index (χ3v) is 2.60. The summed E-state index contributed by atoms with van der Waals surface area (Å²) in [6, 6.07) is 6.33. The molecule has 0 bridgehead atoms. The average molecular weight is 289 g/mol. The van der Waals surface area contributed by atoms with Crippen LogP contribution in [0.5, 0.6) is 5.88 Å². The van der Waals surface area contributed by atoms with Crippen LogP contribution in [0, 0.1) is 10.1 Å². The number of aromatic carboxylic acids is 1. The Morgan fingerprint density at radius 3 is 2.81 bits per heavy atom. The molecule has 8 heteroatoms. The van der Waals surface area contributed by atoms with E-state index in [4.69, 9.17) is 9.84 Å². The highest BCUT2D eigenvalue weighted by atomic mass is 16.6. The minimum atomic E-state index is -1.29. The van der Waals surface area contributed by atoms with Crippen LogP contribution in [0.25, 0.3) is 0 Å². The first kappa shape index (κ1) is 14.4. The number of carbonyl (C=O) groups is 1. The van der Waals surface area contributed by atoms with Crippen molar-refractivity contribution in [3.05, 3.63) is 58.0 Å². The summed E-state index contributed by atoms with van der Waals surface area (Å²) in [6.07, 6.45) is 3.11. The fourth-order valence-corrected chi connectivity index (χ4v) is 1.60. The molecule has 2 aromatic heterocycles. The predicted octanol–water partition coefficient (Wildman–Crippen LogP) is 1.70. The Kier molecular flexibility index (Phi) is 4.39. The minimum absolute atomic E-state index is 0.150. The number of hydrogen-bond acceptors (Lipinski definition) is 6. The van der Waals surface area contributed by atoms with Gasteiger partial charge in [-0.05, 0) is 12.1 Å². The van der Waals surface area contributed by atoms with Crippen LogP contribution in [-0.4, -0.2) is 32.6 Å². The van der Waals surface area contributed by atoms with E-state index in [2.05, 4.69) is 9.97 Å². The lowest BCUT2D eigenvalue weighted by molar-refractivity contribution is -0.386. The second-order valence-electron chi connectivity index (χ2n) is 4.03. The number of carboxylic acid groups (broad SMARTS) is 1. The maximum Gasteiger partial charge on any atom is 0.337 e. The van der Waals surface area contributed by atoms with Crippen LogP contribution >= 0.6 is 0 Å². The zero-order valence-electron chi connectivity index (χ0n) is 10.8.